The Bertz CT molecular complexity index is 1140. The lowest BCUT2D eigenvalue weighted by molar-refractivity contribution is 0.0690. The first-order valence-electron chi connectivity index (χ1n) is 8.50. The minimum absolute atomic E-state index is 0.0246. The number of pyridine rings is 2. The van der Waals surface area contributed by atoms with Crippen LogP contribution in [0.4, 0.5) is 0 Å². The number of benzene rings is 1. The summed E-state index contributed by atoms with van der Waals surface area (Å²) in [5, 5.41) is 14.5. The van der Waals surface area contributed by atoms with Gasteiger partial charge in [0.2, 0.25) is 0 Å². The van der Waals surface area contributed by atoms with Crippen molar-refractivity contribution in [2.24, 2.45) is 5.73 Å². The molecule has 0 unspecified atom stereocenters. The molecule has 7 heteroatoms. The van der Waals surface area contributed by atoms with Crippen LogP contribution in [0.2, 0.25) is 0 Å². The van der Waals surface area contributed by atoms with Crippen LogP contribution in [0, 0.1) is 0 Å². The second-order valence-corrected chi connectivity index (χ2v) is 6.07. The van der Waals surface area contributed by atoms with E-state index in [1.165, 1.54) is 6.07 Å². The Morgan fingerprint density at radius 1 is 1.07 bits per heavy atom. The molecule has 4 aromatic rings. The summed E-state index contributed by atoms with van der Waals surface area (Å²) in [6.45, 7) is 0.549. The van der Waals surface area contributed by atoms with Gasteiger partial charge in [0.15, 0.2) is 11.5 Å². The number of aromatic nitrogens is 4. The minimum Gasteiger partial charge on any atom is -0.477 e. The van der Waals surface area contributed by atoms with E-state index in [1.54, 1.807) is 23.0 Å². The predicted molar refractivity (Wildman–Crippen MR) is 102 cm³/mol. The summed E-state index contributed by atoms with van der Waals surface area (Å²) in [5.41, 5.74) is 9.17. The van der Waals surface area contributed by atoms with Crippen molar-refractivity contribution < 1.29 is 9.90 Å². The first-order chi connectivity index (χ1) is 13.2. The summed E-state index contributed by atoms with van der Waals surface area (Å²) in [5.74, 6) is -0.623. The molecular weight excluding hydrogens is 342 g/mol. The zero-order chi connectivity index (χ0) is 18.8. The van der Waals surface area contributed by atoms with Gasteiger partial charge in [0, 0.05) is 23.1 Å². The number of carboxylic acids is 1. The molecule has 0 amide bonds. The van der Waals surface area contributed by atoms with Gasteiger partial charge in [-0.25, -0.2) is 14.5 Å². The number of rotatable bonds is 5. The first-order valence-corrected chi connectivity index (χ1v) is 8.50. The van der Waals surface area contributed by atoms with Gasteiger partial charge in [-0.1, -0.05) is 24.3 Å². The average molecular weight is 359 g/mol. The molecule has 0 saturated heterocycles. The van der Waals surface area contributed by atoms with Crippen LogP contribution in [0.15, 0.2) is 60.8 Å². The predicted octanol–water partition coefficient (Wildman–Crippen LogP) is 2.68. The quantitative estimate of drug-likeness (QED) is 0.567. The van der Waals surface area contributed by atoms with E-state index >= 15 is 0 Å². The Morgan fingerprint density at radius 2 is 1.93 bits per heavy atom. The smallest absolute Gasteiger partial charge is 0.354 e. The summed E-state index contributed by atoms with van der Waals surface area (Å²) in [6, 6.07) is 16.6. The van der Waals surface area contributed by atoms with E-state index in [0.717, 1.165) is 34.3 Å². The van der Waals surface area contributed by atoms with Crippen molar-refractivity contribution in [3.05, 3.63) is 72.2 Å². The SMILES string of the molecule is NCCc1cccc(-c2ccc3cnn(-c4cccc(C(=O)O)n4)c3c2)n1. The third-order valence-electron chi connectivity index (χ3n) is 4.24. The van der Waals surface area contributed by atoms with Gasteiger partial charge in [-0.3, -0.25) is 4.98 Å². The lowest BCUT2D eigenvalue weighted by Crippen LogP contribution is -2.05. The van der Waals surface area contributed by atoms with Crippen LogP contribution in [-0.2, 0) is 6.42 Å². The van der Waals surface area contributed by atoms with Gasteiger partial charge in [-0.15, -0.1) is 0 Å². The van der Waals surface area contributed by atoms with Crippen molar-refractivity contribution in [2.45, 2.75) is 6.42 Å². The maximum Gasteiger partial charge on any atom is 0.354 e. The molecular formula is C20H17N5O2. The third-order valence-corrected chi connectivity index (χ3v) is 4.24. The molecule has 0 radical (unpaired) electrons. The molecule has 0 aliphatic rings. The molecule has 3 N–H and O–H groups in total. The van der Waals surface area contributed by atoms with E-state index in [1.807, 2.05) is 36.4 Å². The van der Waals surface area contributed by atoms with Gasteiger partial charge < -0.3 is 10.8 Å². The van der Waals surface area contributed by atoms with Gasteiger partial charge in [0.05, 0.1) is 17.4 Å². The van der Waals surface area contributed by atoms with Crippen molar-refractivity contribution >= 4 is 16.9 Å². The lowest BCUT2D eigenvalue weighted by atomic mass is 10.1. The van der Waals surface area contributed by atoms with Crippen molar-refractivity contribution in [3.63, 3.8) is 0 Å². The maximum atomic E-state index is 11.2. The van der Waals surface area contributed by atoms with Crippen LogP contribution in [0.25, 0.3) is 28.0 Å². The fourth-order valence-corrected chi connectivity index (χ4v) is 2.95. The highest BCUT2D eigenvalue weighted by molar-refractivity contribution is 5.86. The number of nitrogens with two attached hydrogens (primary N) is 1. The topological polar surface area (TPSA) is 107 Å². The van der Waals surface area contributed by atoms with E-state index in [9.17, 15) is 9.90 Å². The number of fused-ring (bicyclic) bond motifs is 1. The molecule has 3 heterocycles. The molecule has 0 bridgehead atoms. The summed E-state index contributed by atoms with van der Waals surface area (Å²) >= 11 is 0. The molecule has 3 aromatic heterocycles. The van der Waals surface area contributed by atoms with Crippen molar-refractivity contribution in [3.8, 4) is 17.1 Å². The maximum absolute atomic E-state index is 11.2. The standard InChI is InChI=1S/C20H17N5O2/c21-10-9-15-3-1-4-16(23-15)13-7-8-14-12-22-25(18(14)11-13)19-6-2-5-17(24-19)20(26)27/h1-8,11-12H,9-10,21H2,(H,26,27). The summed E-state index contributed by atoms with van der Waals surface area (Å²) in [4.78, 5) is 20.0. The zero-order valence-electron chi connectivity index (χ0n) is 14.4. The number of carbonyl (C=O) groups is 1. The molecule has 0 atom stereocenters. The number of hydrogen-bond acceptors (Lipinski definition) is 5. The van der Waals surface area contributed by atoms with E-state index in [0.29, 0.717) is 12.4 Å². The first kappa shape index (κ1) is 16.9. The van der Waals surface area contributed by atoms with Gasteiger partial charge in [0.1, 0.15) is 0 Å². The van der Waals surface area contributed by atoms with Crippen molar-refractivity contribution in [2.75, 3.05) is 6.54 Å². The van der Waals surface area contributed by atoms with E-state index < -0.39 is 5.97 Å². The van der Waals surface area contributed by atoms with E-state index in [2.05, 4.69) is 15.1 Å². The van der Waals surface area contributed by atoms with Crippen molar-refractivity contribution in [1.29, 1.82) is 0 Å². The summed E-state index contributed by atoms with van der Waals surface area (Å²) < 4.78 is 1.63. The number of nitrogens with zero attached hydrogens (tertiary/aromatic N) is 4. The fourth-order valence-electron chi connectivity index (χ4n) is 2.95. The van der Waals surface area contributed by atoms with Crippen LogP contribution >= 0.6 is 0 Å². The Kier molecular flexibility index (Phi) is 4.35. The van der Waals surface area contributed by atoms with E-state index in [-0.39, 0.29) is 5.69 Å². The van der Waals surface area contributed by atoms with Gasteiger partial charge in [-0.05, 0) is 36.9 Å². The minimum atomic E-state index is -1.07. The Labute approximate surface area is 155 Å². The second-order valence-electron chi connectivity index (χ2n) is 6.07. The molecule has 134 valence electrons. The highest BCUT2D eigenvalue weighted by Crippen LogP contribution is 2.25. The van der Waals surface area contributed by atoms with Gasteiger partial charge in [-0.2, -0.15) is 5.10 Å². The normalized spacial score (nSPS) is 11.0. The second kappa shape index (κ2) is 6.97. The number of aromatic carboxylic acids is 1. The molecule has 27 heavy (non-hydrogen) atoms. The van der Waals surface area contributed by atoms with Crippen molar-refractivity contribution in [1.82, 2.24) is 19.7 Å². The summed E-state index contributed by atoms with van der Waals surface area (Å²) in [6.07, 6.45) is 2.45. The third kappa shape index (κ3) is 3.28. The lowest BCUT2D eigenvalue weighted by Gasteiger charge is -2.07. The summed E-state index contributed by atoms with van der Waals surface area (Å²) in [7, 11) is 0. The molecule has 0 aliphatic carbocycles. The molecule has 1 aromatic carbocycles. The molecule has 4 rings (SSSR count). The Hall–Kier alpha value is -3.58. The highest BCUT2D eigenvalue weighted by atomic mass is 16.4. The molecule has 7 nitrogen and oxygen atoms in total. The Balaban J connectivity index is 1.81. The number of hydrogen-bond donors (Lipinski definition) is 2. The highest BCUT2D eigenvalue weighted by Gasteiger charge is 2.11. The zero-order valence-corrected chi connectivity index (χ0v) is 14.4. The van der Waals surface area contributed by atoms with Crippen LogP contribution < -0.4 is 5.73 Å². The molecule has 0 aliphatic heterocycles. The van der Waals surface area contributed by atoms with Gasteiger partial charge in [0.25, 0.3) is 0 Å². The monoisotopic (exact) mass is 359 g/mol. The van der Waals surface area contributed by atoms with Crippen LogP contribution in [0.1, 0.15) is 16.2 Å². The molecule has 0 spiro atoms. The molecule has 0 fully saturated rings. The van der Waals surface area contributed by atoms with Crippen LogP contribution in [-0.4, -0.2) is 37.4 Å². The van der Waals surface area contributed by atoms with Gasteiger partial charge >= 0.3 is 5.97 Å². The average Bonchev–Trinajstić information content (AvgIpc) is 3.12. The Morgan fingerprint density at radius 3 is 2.74 bits per heavy atom. The van der Waals surface area contributed by atoms with E-state index in [4.69, 9.17) is 5.73 Å². The largest absolute Gasteiger partial charge is 0.477 e. The van der Waals surface area contributed by atoms with Crippen LogP contribution in [0.3, 0.4) is 0 Å². The fraction of sp³-hybridized carbons (Fsp3) is 0.100. The van der Waals surface area contributed by atoms with Crippen LogP contribution in [0.5, 0.6) is 0 Å². The number of carboxylic acid groups (broad SMARTS) is 1. The molecule has 0 saturated carbocycles.